The van der Waals surface area contributed by atoms with Gasteiger partial charge in [0.1, 0.15) is 0 Å². The third-order valence-corrected chi connectivity index (χ3v) is 9.00. The van der Waals surface area contributed by atoms with Gasteiger partial charge in [0.15, 0.2) is 0 Å². The van der Waals surface area contributed by atoms with E-state index in [0.29, 0.717) is 38.2 Å². The molecule has 170 valence electrons. The molecule has 2 aromatic rings. The van der Waals surface area contributed by atoms with E-state index in [1.165, 1.54) is 0 Å². The summed E-state index contributed by atoms with van der Waals surface area (Å²) in [4.78, 5) is 11.3. The highest BCUT2D eigenvalue weighted by Gasteiger charge is 2.42. The predicted molar refractivity (Wildman–Crippen MR) is 117 cm³/mol. The fourth-order valence-electron chi connectivity index (χ4n) is 5.06. The number of aliphatic carboxylic acids is 1. The van der Waals surface area contributed by atoms with Crippen molar-refractivity contribution >= 4 is 26.9 Å². The summed E-state index contributed by atoms with van der Waals surface area (Å²) in [5.41, 5.74) is 1.37. The number of aromatic nitrogens is 2. The Morgan fingerprint density at radius 1 is 1.19 bits per heavy atom. The van der Waals surface area contributed by atoms with Gasteiger partial charge in [-0.15, -0.1) is 0 Å². The lowest BCUT2D eigenvalue weighted by molar-refractivity contribution is -0.136. The smallest absolute Gasteiger partial charge is 0.309 e. The molecule has 2 fully saturated rings. The zero-order valence-electron chi connectivity index (χ0n) is 18.1. The van der Waals surface area contributed by atoms with Crippen LogP contribution >= 0.6 is 0 Å². The lowest BCUT2D eigenvalue weighted by atomic mass is 9.97. The first-order valence-corrected chi connectivity index (χ1v) is 12.6. The molecule has 8 nitrogen and oxygen atoms in total. The van der Waals surface area contributed by atoms with Crippen LogP contribution in [0.25, 0.3) is 10.9 Å². The number of sulfonamides is 1. The molecule has 4 rings (SSSR count). The van der Waals surface area contributed by atoms with Crippen LogP contribution in [-0.2, 0) is 26.0 Å². The number of para-hydroxylation sites is 1. The largest absolute Gasteiger partial charge is 0.481 e. The summed E-state index contributed by atoms with van der Waals surface area (Å²) in [5, 5.41) is 14.3. The molecule has 1 saturated carbocycles. The Balaban J connectivity index is 1.55. The van der Waals surface area contributed by atoms with E-state index in [9.17, 15) is 18.3 Å². The normalized spacial score (nSPS) is 27.7. The number of nitrogens with zero attached hydrogens (tertiary/aromatic N) is 3. The average molecular weight is 450 g/mol. The van der Waals surface area contributed by atoms with Gasteiger partial charge >= 0.3 is 5.97 Å². The molecule has 31 heavy (non-hydrogen) atoms. The van der Waals surface area contributed by atoms with Crippen LogP contribution in [0.15, 0.2) is 24.3 Å². The maximum atomic E-state index is 13.4. The lowest BCUT2D eigenvalue weighted by Crippen LogP contribution is -2.40. The van der Waals surface area contributed by atoms with Gasteiger partial charge in [-0.1, -0.05) is 25.1 Å². The van der Waals surface area contributed by atoms with Crippen molar-refractivity contribution in [1.82, 2.24) is 14.1 Å². The molecule has 1 N–H and O–H groups in total. The Hall–Kier alpha value is -1.97. The summed E-state index contributed by atoms with van der Waals surface area (Å²) in [5.74, 6) is -0.850. The van der Waals surface area contributed by atoms with Crippen molar-refractivity contribution in [2.24, 2.45) is 5.92 Å². The number of rotatable bonds is 7. The monoisotopic (exact) mass is 449 g/mol. The number of hydrogen-bond donors (Lipinski definition) is 1. The van der Waals surface area contributed by atoms with E-state index in [0.717, 1.165) is 23.7 Å². The molecule has 1 aromatic carbocycles. The van der Waals surface area contributed by atoms with Crippen molar-refractivity contribution in [1.29, 1.82) is 0 Å². The molecule has 2 aliphatic rings. The highest BCUT2D eigenvalue weighted by atomic mass is 32.2. The first-order valence-electron chi connectivity index (χ1n) is 11.1. The first-order chi connectivity index (χ1) is 14.8. The molecular formula is C22H31N3O5S. The van der Waals surface area contributed by atoms with E-state index in [-0.39, 0.29) is 29.7 Å². The zero-order chi connectivity index (χ0) is 22.2. The van der Waals surface area contributed by atoms with Gasteiger partial charge in [-0.3, -0.25) is 9.48 Å². The molecule has 2 heterocycles. The van der Waals surface area contributed by atoms with Gasteiger partial charge < -0.3 is 9.84 Å². The van der Waals surface area contributed by atoms with Crippen LogP contribution in [0.5, 0.6) is 0 Å². The second kappa shape index (κ2) is 8.88. The van der Waals surface area contributed by atoms with Crippen LogP contribution in [0, 0.1) is 5.92 Å². The van der Waals surface area contributed by atoms with E-state index >= 15 is 0 Å². The van der Waals surface area contributed by atoms with Gasteiger partial charge in [0.25, 0.3) is 0 Å². The second-order valence-corrected chi connectivity index (χ2v) is 11.0. The number of benzene rings is 1. The van der Waals surface area contributed by atoms with Crippen LogP contribution in [0.1, 0.15) is 51.3 Å². The molecule has 0 bridgehead atoms. The Labute approximate surface area is 183 Å². The molecule has 1 saturated heterocycles. The van der Waals surface area contributed by atoms with Crippen molar-refractivity contribution in [3.05, 3.63) is 30.0 Å². The van der Waals surface area contributed by atoms with Crippen molar-refractivity contribution in [2.75, 3.05) is 19.7 Å². The second-order valence-electron chi connectivity index (χ2n) is 8.74. The minimum absolute atomic E-state index is 0.0792. The summed E-state index contributed by atoms with van der Waals surface area (Å²) in [6, 6.07) is 7.44. The topological polar surface area (TPSA) is 102 Å². The predicted octanol–water partition coefficient (Wildman–Crippen LogP) is 2.83. The van der Waals surface area contributed by atoms with Gasteiger partial charge in [0.2, 0.25) is 10.0 Å². The van der Waals surface area contributed by atoms with Crippen LogP contribution < -0.4 is 0 Å². The fraction of sp³-hybridized carbons (Fsp3) is 0.636. The van der Waals surface area contributed by atoms with E-state index in [4.69, 9.17) is 4.74 Å². The molecule has 0 amide bonds. The molecule has 2 atom stereocenters. The van der Waals surface area contributed by atoms with Gasteiger partial charge in [0, 0.05) is 25.1 Å². The van der Waals surface area contributed by atoms with Gasteiger partial charge in [-0.05, 0) is 44.6 Å². The van der Waals surface area contributed by atoms with Crippen LogP contribution in [0.3, 0.4) is 0 Å². The average Bonchev–Trinajstić information content (AvgIpc) is 3.29. The summed E-state index contributed by atoms with van der Waals surface area (Å²) in [6.07, 6.45) is 2.86. The van der Waals surface area contributed by atoms with E-state index in [1.54, 1.807) is 4.31 Å². The van der Waals surface area contributed by atoms with Crippen LogP contribution in [-0.4, -0.2) is 64.6 Å². The molecule has 1 aliphatic heterocycles. The molecule has 1 aliphatic carbocycles. The minimum Gasteiger partial charge on any atom is -0.481 e. The zero-order valence-corrected chi connectivity index (χ0v) is 18.9. The fourth-order valence-corrected chi connectivity index (χ4v) is 7.15. The molecule has 0 spiro atoms. The molecular weight excluding hydrogens is 418 g/mol. The standard InChI is InChI=1S/C22H31N3O5S/c1-3-30-16-8-10-17(11-9-16)31(28,29)24-13-15(2)21(14-24)25-20-7-5-4-6-18(20)19(23-25)12-22(26)27/h4-7,15-17,21H,3,8-14H2,1-2H3,(H,26,27)/t15-,16?,17?,21+/m1/s1. The molecule has 1 aromatic heterocycles. The van der Waals surface area contributed by atoms with E-state index < -0.39 is 16.0 Å². The SMILES string of the molecule is CCOC1CCC(S(=O)(=O)N2C[C@@H](C)[C@@H](n3nc(CC(=O)O)c4ccccc43)C2)CC1. The molecule has 0 radical (unpaired) electrons. The highest BCUT2D eigenvalue weighted by molar-refractivity contribution is 7.89. The Bertz CT molecular complexity index is 1040. The highest BCUT2D eigenvalue weighted by Crippen LogP contribution is 2.36. The van der Waals surface area contributed by atoms with Gasteiger partial charge in [-0.25, -0.2) is 8.42 Å². The van der Waals surface area contributed by atoms with Crippen LogP contribution in [0.2, 0.25) is 0 Å². The number of ether oxygens (including phenoxy) is 1. The summed E-state index contributed by atoms with van der Waals surface area (Å²) >= 11 is 0. The third kappa shape index (κ3) is 4.36. The van der Waals surface area contributed by atoms with Crippen molar-refractivity contribution in [2.45, 2.75) is 63.3 Å². The number of carbonyl (C=O) groups is 1. The maximum Gasteiger partial charge on any atom is 0.309 e. The molecule has 9 heteroatoms. The number of fused-ring (bicyclic) bond motifs is 1. The Morgan fingerprint density at radius 2 is 1.90 bits per heavy atom. The van der Waals surface area contributed by atoms with Gasteiger partial charge in [-0.2, -0.15) is 9.40 Å². The summed E-state index contributed by atoms with van der Waals surface area (Å²) < 4.78 is 35.9. The molecule has 0 unspecified atom stereocenters. The summed E-state index contributed by atoms with van der Waals surface area (Å²) in [7, 11) is -3.40. The van der Waals surface area contributed by atoms with Crippen LogP contribution in [0.4, 0.5) is 0 Å². The summed E-state index contributed by atoms with van der Waals surface area (Å²) in [6.45, 7) is 5.50. The van der Waals surface area contributed by atoms with Crippen molar-refractivity contribution in [3.63, 3.8) is 0 Å². The number of hydrogen-bond acceptors (Lipinski definition) is 5. The van der Waals surface area contributed by atoms with Gasteiger partial charge in [0.05, 0.1) is 35.0 Å². The van der Waals surface area contributed by atoms with Crippen molar-refractivity contribution < 1.29 is 23.1 Å². The van der Waals surface area contributed by atoms with E-state index in [1.807, 2.05) is 42.8 Å². The maximum absolute atomic E-state index is 13.4. The number of carboxylic acid groups (broad SMARTS) is 1. The lowest BCUT2D eigenvalue weighted by Gasteiger charge is -2.30. The Kier molecular flexibility index (Phi) is 6.37. The Morgan fingerprint density at radius 3 is 2.58 bits per heavy atom. The van der Waals surface area contributed by atoms with E-state index in [2.05, 4.69) is 5.10 Å². The van der Waals surface area contributed by atoms with Crippen molar-refractivity contribution in [3.8, 4) is 0 Å². The quantitative estimate of drug-likeness (QED) is 0.697. The third-order valence-electron chi connectivity index (χ3n) is 6.67. The first kappa shape index (κ1) is 22.2. The number of carboxylic acids is 1. The minimum atomic E-state index is -3.40.